The maximum absolute atomic E-state index is 12.0. The fourth-order valence-electron chi connectivity index (χ4n) is 4.40. The van der Waals surface area contributed by atoms with Crippen LogP contribution in [-0.2, 0) is 10.0 Å². The van der Waals surface area contributed by atoms with Crippen LogP contribution in [0, 0.1) is 0 Å². The van der Waals surface area contributed by atoms with Crippen molar-refractivity contribution in [2.24, 2.45) is 0 Å². The zero-order valence-corrected chi connectivity index (χ0v) is 21.2. The van der Waals surface area contributed by atoms with E-state index in [1.807, 2.05) is 70.3 Å². The number of hydrogen-bond donors (Lipinski definition) is 2. The van der Waals surface area contributed by atoms with E-state index in [1.165, 1.54) is 7.11 Å². The van der Waals surface area contributed by atoms with Gasteiger partial charge in [-0.1, -0.05) is 12.1 Å². The molecule has 36 heavy (non-hydrogen) atoms. The van der Waals surface area contributed by atoms with E-state index in [1.54, 1.807) is 24.5 Å². The van der Waals surface area contributed by atoms with Gasteiger partial charge in [0.05, 0.1) is 30.8 Å². The summed E-state index contributed by atoms with van der Waals surface area (Å²) in [5.41, 5.74) is 2.77. The highest BCUT2D eigenvalue weighted by molar-refractivity contribution is 7.92. The van der Waals surface area contributed by atoms with Gasteiger partial charge in [0.25, 0.3) is 0 Å². The molecule has 0 spiro atoms. The first-order valence-electron chi connectivity index (χ1n) is 11.1. The molecule has 0 bridgehead atoms. The molecule has 1 aliphatic heterocycles. The number of nitrogens with zero attached hydrogens (tertiary/aromatic N) is 4. The van der Waals surface area contributed by atoms with Gasteiger partial charge >= 0.3 is 0 Å². The summed E-state index contributed by atoms with van der Waals surface area (Å²) in [4.78, 5) is 11.1. The Morgan fingerprint density at radius 1 is 1.03 bits per heavy atom. The lowest BCUT2D eigenvalue weighted by atomic mass is 10.0. The minimum atomic E-state index is -3.54. The maximum Gasteiger partial charge on any atom is 0.229 e. The van der Waals surface area contributed by atoms with Gasteiger partial charge in [0.15, 0.2) is 5.11 Å². The summed E-state index contributed by atoms with van der Waals surface area (Å²) in [5.74, 6) is 1.17. The third kappa shape index (κ3) is 4.62. The normalized spacial score (nSPS) is 17.6. The molecule has 0 saturated carbocycles. The molecule has 11 heteroatoms. The summed E-state index contributed by atoms with van der Waals surface area (Å²) in [6, 6.07) is 20.2. The summed E-state index contributed by atoms with van der Waals surface area (Å²) < 4.78 is 34.0. The minimum Gasteiger partial charge on any atom is -0.495 e. The number of pyridine rings is 2. The first kappa shape index (κ1) is 23.8. The van der Waals surface area contributed by atoms with Crippen LogP contribution in [0.2, 0.25) is 0 Å². The van der Waals surface area contributed by atoms with Crippen molar-refractivity contribution in [3.8, 4) is 11.6 Å². The number of methoxy groups -OCH3 is 1. The number of rotatable bonds is 7. The van der Waals surface area contributed by atoms with Crippen molar-refractivity contribution >= 4 is 38.7 Å². The predicted octanol–water partition coefficient (Wildman–Crippen LogP) is 3.82. The molecule has 0 aliphatic carbocycles. The summed E-state index contributed by atoms with van der Waals surface area (Å²) in [5, 5.41) is 3.91. The topological polar surface area (TPSA) is 101 Å². The smallest absolute Gasteiger partial charge is 0.229 e. The van der Waals surface area contributed by atoms with Crippen molar-refractivity contribution in [2.45, 2.75) is 12.1 Å². The van der Waals surface area contributed by atoms with Gasteiger partial charge in [-0.15, -0.1) is 0 Å². The lowest BCUT2D eigenvalue weighted by Gasteiger charge is -2.29. The largest absolute Gasteiger partial charge is 0.495 e. The van der Waals surface area contributed by atoms with E-state index in [4.69, 9.17) is 17.0 Å². The van der Waals surface area contributed by atoms with Crippen LogP contribution in [0.5, 0.6) is 5.75 Å². The molecule has 4 heterocycles. The van der Waals surface area contributed by atoms with Gasteiger partial charge < -0.3 is 19.5 Å². The van der Waals surface area contributed by atoms with Crippen LogP contribution >= 0.6 is 12.2 Å². The second-order valence-electron chi connectivity index (χ2n) is 8.25. The Morgan fingerprint density at radius 3 is 2.47 bits per heavy atom. The molecule has 1 fully saturated rings. The summed E-state index contributed by atoms with van der Waals surface area (Å²) in [6.07, 6.45) is 6.55. The Balaban J connectivity index is 1.67. The Morgan fingerprint density at radius 2 is 1.81 bits per heavy atom. The van der Waals surface area contributed by atoms with Crippen LogP contribution in [0.25, 0.3) is 5.82 Å². The number of benzene rings is 1. The number of thiocarbonyl (C=S) groups is 1. The number of anilines is 2. The van der Waals surface area contributed by atoms with Crippen molar-refractivity contribution in [3.63, 3.8) is 0 Å². The highest BCUT2D eigenvalue weighted by Gasteiger charge is 2.42. The lowest BCUT2D eigenvalue weighted by molar-refractivity contribution is 0.417. The average Bonchev–Trinajstić information content (AvgIpc) is 3.48. The van der Waals surface area contributed by atoms with Gasteiger partial charge in [0.1, 0.15) is 17.6 Å². The van der Waals surface area contributed by atoms with Crippen molar-refractivity contribution in [1.82, 2.24) is 19.9 Å². The Hall–Kier alpha value is -3.96. The van der Waals surface area contributed by atoms with Crippen LogP contribution in [0.3, 0.4) is 0 Å². The van der Waals surface area contributed by atoms with Gasteiger partial charge in [0, 0.05) is 30.0 Å². The quantitative estimate of drug-likeness (QED) is 0.355. The van der Waals surface area contributed by atoms with Gasteiger partial charge in [-0.3, -0.25) is 9.71 Å². The molecule has 1 saturated heterocycles. The third-order valence-corrected chi connectivity index (χ3v) is 6.74. The summed E-state index contributed by atoms with van der Waals surface area (Å²) >= 11 is 5.82. The van der Waals surface area contributed by atoms with E-state index in [0.29, 0.717) is 22.2 Å². The molecule has 4 aromatic rings. The maximum atomic E-state index is 12.0. The fraction of sp³-hybridized carbons (Fsp3) is 0.160. The molecule has 2 atom stereocenters. The van der Waals surface area contributed by atoms with Gasteiger partial charge in [-0.05, 0) is 66.8 Å². The molecule has 0 unspecified atom stereocenters. The number of aromatic nitrogens is 3. The molecular formula is C25H24N6O3S2. The number of sulfonamides is 1. The Bertz CT molecular complexity index is 1490. The van der Waals surface area contributed by atoms with Gasteiger partial charge in [-0.2, -0.15) is 0 Å². The van der Waals surface area contributed by atoms with Crippen molar-refractivity contribution < 1.29 is 13.2 Å². The molecule has 5 rings (SSSR count). The Kier molecular flexibility index (Phi) is 6.33. The number of hydrogen-bond acceptors (Lipinski definition) is 6. The molecular weight excluding hydrogens is 496 g/mol. The second-order valence-corrected chi connectivity index (χ2v) is 10.4. The summed E-state index contributed by atoms with van der Waals surface area (Å²) in [6.45, 7) is 0. The van der Waals surface area contributed by atoms with E-state index in [9.17, 15) is 8.42 Å². The monoisotopic (exact) mass is 520 g/mol. The third-order valence-electron chi connectivity index (χ3n) is 5.83. The van der Waals surface area contributed by atoms with E-state index < -0.39 is 10.0 Å². The van der Waals surface area contributed by atoms with Crippen LogP contribution in [0.15, 0.2) is 85.3 Å². The van der Waals surface area contributed by atoms with Crippen LogP contribution in [0.4, 0.5) is 11.4 Å². The van der Waals surface area contributed by atoms with E-state index >= 15 is 0 Å². The zero-order valence-electron chi connectivity index (χ0n) is 19.6. The first-order chi connectivity index (χ1) is 17.4. The molecule has 2 N–H and O–H groups in total. The molecule has 9 nitrogen and oxygen atoms in total. The van der Waals surface area contributed by atoms with Crippen molar-refractivity contribution in [3.05, 3.63) is 96.7 Å². The number of nitrogens with one attached hydrogen (secondary N) is 2. The molecule has 3 aromatic heterocycles. The fourth-order valence-corrected chi connectivity index (χ4v) is 5.30. The molecule has 0 amide bonds. The average molecular weight is 521 g/mol. The number of ether oxygens (including phenoxy) is 1. The van der Waals surface area contributed by atoms with Crippen LogP contribution in [0.1, 0.15) is 23.5 Å². The van der Waals surface area contributed by atoms with Crippen molar-refractivity contribution in [1.29, 1.82) is 0 Å². The molecule has 1 aromatic carbocycles. The van der Waals surface area contributed by atoms with Crippen molar-refractivity contribution in [2.75, 3.05) is 23.0 Å². The Labute approximate surface area is 214 Å². The predicted molar refractivity (Wildman–Crippen MR) is 143 cm³/mol. The zero-order chi connectivity index (χ0) is 25.3. The highest BCUT2D eigenvalue weighted by atomic mass is 32.2. The van der Waals surface area contributed by atoms with Crippen LogP contribution < -0.4 is 19.7 Å². The van der Waals surface area contributed by atoms with Gasteiger partial charge in [-0.25, -0.2) is 13.4 Å². The summed E-state index contributed by atoms with van der Waals surface area (Å²) in [7, 11) is -2.05. The second kappa shape index (κ2) is 9.59. The molecule has 184 valence electrons. The van der Waals surface area contributed by atoms with E-state index in [0.717, 1.165) is 23.5 Å². The lowest BCUT2D eigenvalue weighted by Crippen LogP contribution is -2.30. The van der Waals surface area contributed by atoms with E-state index in [2.05, 4.69) is 20.0 Å². The van der Waals surface area contributed by atoms with E-state index in [-0.39, 0.29) is 12.1 Å². The standard InChI is InChI=1S/C25H24N6O3S2/c1-34-21-12-11-17(16-19(21)29-36(2,32)33)31-24(23(28-25(31)35)18-8-3-5-13-26-18)20-9-7-15-30(20)22-10-4-6-14-27-22/h3-16,23-24,29H,1-2H3,(H,28,35)/t23-,24-/m1/s1. The molecule has 0 radical (unpaired) electrons. The highest BCUT2D eigenvalue weighted by Crippen LogP contribution is 2.43. The first-order valence-corrected chi connectivity index (χ1v) is 13.4. The molecule has 1 aliphatic rings. The van der Waals surface area contributed by atoms with Crippen LogP contribution in [-0.4, -0.2) is 41.4 Å². The minimum absolute atomic E-state index is 0.274. The van der Waals surface area contributed by atoms with Gasteiger partial charge in [0.2, 0.25) is 10.0 Å². The SMILES string of the molecule is COc1ccc(N2C(=S)N[C@H](c3ccccn3)[C@H]2c2cccn2-c2ccccn2)cc1NS(C)(=O)=O.